The van der Waals surface area contributed by atoms with Crippen molar-refractivity contribution in [2.24, 2.45) is 0 Å². The van der Waals surface area contributed by atoms with Crippen molar-refractivity contribution in [2.45, 2.75) is 138 Å². The third-order valence-corrected chi connectivity index (χ3v) is 19.2. The third kappa shape index (κ3) is 15.3. The summed E-state index contributed by atoms with van der Waals surface area (Å²) in [5.74, 6) is 7.07. The number of aromatic hydroxyl groups is 4. The smallest absolute Gasteiger partial charge is 0.152 e. The number of phenols is 4. The standard InChI is InChI=1S/C22H24N4O.3C21H22N4O/c1-3-4-9-19-25-20-21(16-7-5-6-8-17(16)24-22(20)23)26(19)13-15-10-11-18(27)14(2)12-15;1-2-3-12-18-24-19-20(15-9-5-6-10-16(15)23-21(19)22)25(18)13-14-8-4-7-11-17(14)26;1-2-3-11-18-24-19-20(16-9-4-5-10-17(16)23-21(19)22)25(18)13-14-7-6-8-15(26)12-14;1-2-3-8-18-24-19-20(16-6-4-5-7-17(16)23-21(19)22)25(18)13-14-9-11-15(26)12-10-14/h5-8,10-12,27H,3-4,9,13H2,1-2H3,(H2,23,24);4-11,26H,2-3,12-13H2,1H3,(H2,22,23);4-10,12,26H,2-3,11,13H2,1H3,(H2,22,23);4-7,9-12,26H,2-3,8,13H2,1H3,(H2,22,23). The molecule has 20 nitrogen and oxygen atoms in total. The first-order valence-corrected chi connectivity index (χ1v) is 36.4. The van der Waals surface area contributed by atoms with E-state index in [2.05, 4.69) is 90.2 Å². The number of phenolic OH excluding ortho intramolecular Hbond substituents is 4. The van der Waals surface area contributed by atoms with Crippen LogP contribution in [0.15, 0.2) is 188 Å². The molecular formula is C85H90N16O4. The first kappa shape index (κ1) is 71.1. The SMILES string of the molecule is CCCCc1nc2c(N)nc3ccccc3c2n1Cc1ccc(O)c(C)c1.CCCCc1nc2c(N)nc3ccccc3c2n1Cc1ccc(O)cc1.CCCCc1nc2c(N)nc3ccccc3c2n1Cc1cccc(O)c1.CCCCc1nc2c(N)nc3ccccc3c2n1Cc1ccccc1O. The summed E-state index contributed by atoms with van der Waals surface area (Å²) in [4.78, 5) is 37.5. The average Bonchev–Trinajstić information content (AvgIpc) is 1.65. The van der Waals surface area contributed by atoms with Crippen LogP contribution in [0.25, 0.3) is 87.7 Å². The number of unbranched alkanes of at least 4 members (excludes halogenated alkanes) is 4. The van der Waals surface area contributed by atoms with Crippen molar-refractivity contribution in [3.05, 3.63) is 239 Å². The Morgan fingerprint density at radius 1 is 0.305 bits per heavy atom. The van der Waals surface area contributed by atoms with E-state index in [4.69, 9.17) is 42.9 Å². The molecule has 12 N–H and O–H groups in total. The number of nitrogens with zero attached hydrogens (tertiary/aromatic N) is 12. The van der Waals surface area contributed by atoms with Crippen molar-refractivity contribution in [1.29, 1.82) is 0 Å². The molecule has 105 heavy (non-hydrogen) atoms. The second-order valence-electron chi connectivity index (χ2n) is 26.8. The topological polar surface area (TPSA) is 308 Å². The molecule has 16 aromatic rings. The summed E-state index contributed by atoms with van der Waals surface area (Å²) in [6.07, 6.45) is 12.2. The maximum Gasteiger partial charge on any atom is 0.152 e. The summed E-state index contributed by atoms with van der Waals surface area (Å²) in [6, 6.07) is 59.9. The van der Waals surface area contributed by atoms with Gasteiger partial charge in [-0.05, 0) is 116 Å². The minimum atomic E-state index is 0.271. The van der Waals surface area contributed by atoms with Crippen LogP contribution in [-0.2, 0) is 51.9 Å². The van der Waals surface area contributed by atoms with Gasteiger partial charge in [-0.2, -0.15) is 0 Å². The minimum Gasteiger partial charge on any atom is -0.508 e. The molecule has 0 spiro atoms. The number of anilines is 4. The van der Waals surface area contributed by atoms with Crippen LogP contribution in [0.1, 0.15) is 130 Å². The Morgan fingerprint density at radius 2 is 0.638 bits per heavy atom. The van der Waals surface area contributed by atoms with Crippen LogP contribution < -0.4 is 22.9 Å². The predicted molar refractivity (Wildman–Crippen MR) is 426 cm³/mol. The highest BCUT2D eigenvalue weighted by Gasteiger charge is 2.23. The summed E-state index contributed by atoms with van der Waals surface area (Å²) in [7, 11) is 0. The minimum absolute atomic E-state index is 0.271. The number of nitrogen functional groups attached to an aromatic ring is 4. The van der Waals surface area contributed by atoms with Crippen molar-refractivity contribution < 1.29 is 20.4 Å². The fourth-order valence-corrected chi connectivity index (χ4v) is 13.8. The van der Waals surface area contributed by atoms with E-state index < -0.39 is 0 Å². The highest BCUT2D eigenvalue weighted by atomic mass is 16.3. The number of aromatic nitrogens is 12. The van der Waals surface area contributed by atoms with Gasteiger partial charge >= 0.3 is 0 Å². The van der Waals surface area contributed by atoms with Crippen LogP contribution in [0.4, 0.5) is 23.3 Å². The van der Waals surface area contributed by atoms with E-state index in [-0.39, 0.29) is 11.5 Å². The molecule has 0 amide bonds. The maximum absolute atomic E-state index is 10.2. The number of hydrogen-bond donors (Lipinski definition) is 8. The van der Waals surface area contributed by atoms with E-state index in [1.54, 1.807) is 36.4 Å². The molecule has 0 atom stereocenters. The number of nitrogens with two attached hydrogens (primary N) is 4. The summed E-state index contributed by atoms with van der Waals surface area (Å²) in [5, 5.41) is 43.7. The Balaban J connectivity index is 0.000000124. The molecule has 534 valence electrons. The van der Waals surface area contributed by atoms with Gasteiger partial charge in [-0.3, -0.25) is 0 Å². The number of aryl methyl sites for hydroxylation is 5. The van der Waals surface area contributed by atoms with Crippen molar-refractivity contribution >= 4 is 111 Å². The molecule has 0 aliphatic carbocycles. The molecule has 0 saturated carbocycles. The molecule has 8 heterocycles. The number of rotatable bonds is 20. The van der Waals surface area contributed by atoms with E-state index in [1.807, 2.05) is 134 Å². The maximum atomic E-state index is 10.2. The zero-order chi connectivity index (χ0) is 73.3. The largest absolute Gasteiger partial charge is 0.508 e. The predicted octanol–water partition coefficient (Wildman–Crippen LogP) is 17.4. The second-order valence-corrected chi connectivity index (χ2v) is 26.8. The Morgan fingerprint density at radius 3 is 1.00 bits per heavy atom. The highest BCUT2D eigenvalue weighted by molar-refractivity contribution is 6.09. The second kappa shape index (κ2) is 31.9. The van der Waals surface area contributed by atoms with Crippen LogP contribution in [0.2, 0.25) is 0 Å². The van der Waals surface area contributed by atoms with Crippen molar-refractivity contribution in [3.63, 3.8) is 0 Å². The van der Waals surface area contributed by atoms with E-state index >= 15 is 0 Å². The summed E-state index contributed by atoms with van der Waals surface area (Å²) in [6.45, 7) is 13.2. The number of pyridine rings is 4. The van der Waals surface area contributed by atoms with Gasteiger partial charge in [0.2, 0.25) is 0 Å². The van der Waals surface area contributed by atoms with Crippen LogP contribution in [0, 0.1) is 6.92 Å². The zero-order valence-corrected chi connectivity index (χ0v) is 60.2. The quantitative estimate of drug-likeness (QED) is 0.0352. The van der Waals surface area contributed by atoms with E-state index in [9.17, 15) is 20.4 Å². The van der Waals surface area contributed by atoms with Gasteiger partial charge in [-0.25, -0.2) is 39.9 Å². The monoisotopic (exact) mass is 1400 g/mol. The molecular weight excluding hydrogens is 1310 g/mol. The molecule has 0 saturated heterocycles. The molecule has 16 rings (SSSR count). The lowest BCUT2D eigenvalue weighted by Gasteiger charge is -2.12. The van der Waals surface area contributed by atoms with Crippen molar-refractivity contribution in [1.82, 2.24) is 58.1 Å². The van der Waals surface area contributed by atoms with Crippen molar-refractivity contribution in [3.8, 4) is 23.0 Å². The molecule has 20 heteroatoms. The van der Waals surface area contributed by atoms with Crippen LogP contribution >= 0.6 is 0 Å². The lowest BCUT2D eigenvalue weighted by molar-refractivity contribution is 0.465. The Labute approximate surface area is 609 Å². The Bertz CT molecular complexity index is 5780. The molecule has 0 unspecified atom stereocenters. The van der Waals surface area contributed by atoms with E-state index in [0.717, 1.165) is 216 Å². The number of para-hydroxylation sites is 5. The van der Waals surface area contributed by atoms with E-state index in [0.29, 0.717) is 60.9 Å². The fraction of sp³-hybridized carbons (Fsp3) is 0.247. The molecule has 0 fully saturated rings. The highest BCUT2D eigenvalue weighted by Crippen LogP contribution is 2.36. The first-order chi connectivity index (χ1) is 51.1. The number of imidazole rings is 4. The molecule has 0 bridgehead atoms. The van der Waals surface area contributed by atoms with Gasteiger partial charge in [0.25, 0.3) is 0 Å². The van der Waals surface area contributed by atoms with Gasteiger partial charge in [0.05, 0.1) is 50.7 Å². The van der Waals surface area contributed by atoms with Crippen LogP contribution in [0.3, 0.4) is 0 Å². The number of hydrogen-bond acceptors (Lipinski definition) is 16. The van der Waals surface area contributed by atoms with Crippen molar-refractivity contribution in [2.75, 3.05) is 22.9 Å². The lowest BCUT2D eigenvalue weighted by Crippen LogP contribution is -2.06. The van der Waals surface area contributed by atoms with Gasteiger partial charge < -0.3 is 61.6 Å². The Kier molecular flexibility index (Phi) is 21.6. The summed E-state index contributed by atoms with van der Waals surface area (Å²) >= 11 is 0. The van der Waals surface area contributed by atoms with Crippen LogP contribution in [-0.4, -0.2) is 78.6 Å². The Hall–Kier alpha value is -12.3. The van der Waals surface area contributed by atoms with Gasteiger partial charge in [0.1, 0.15) is 68.4 Å². The zero-order valence-electron chi connectivity index (χ0n) is 60.2. The molecule has 0 aliphatic heterocycles. The van der Waals surface area contributed by atoms with Gasteiger partial charge in [0, 0.05) is 72.4 Å². The normalized spacial score (nSPS) is 11.4. The van der Waals surface area contributed by atoms with Gasteiger partial charge in [-0.1, -0.05) is 181 Å². The summed E-state index contributed by atoms with van der Waals surface area (Å²) < 4.78 is 8.91. The molecule has 0 aliphatic rings. The molecule has 0 radical (unpaired) electrons. The summed E-state index contributed by atoms with van der Waals surface area (Å²) in [5.41, 5.74) is 40.5. The molecule has 8 aromatic heterocycles. The number of benzene rings is 8. The number of fused-ring (bicyclic) bond motifs is 12. The molecule has 8 aromatic carbocycles. The lowest BCUT2D eigenvalue weighted by atomic mass is 10.1. The van der Waals surface area contributed by atoms with Crippen LogP contribution in [0.5, 0.6) is 23.0 Å². The van der Waals surface area contributed by atoms with E-state index in [1.165, 1.54) is 0 Å². The third-order valence-electron chi connectivity index (χ3n) is 19.2. The fourth-order valence-electron chi connectivity index (χ4n) is 13.8. The van der Waals surface area contributed by atoms with Gasteiger partial charge in [-0.15, -0.1) is 0 Å². The average molecular weight is 1400 g/mol. The van der Waals surface area contributed by atoms with Gasteiger partial charge in [0.15, 0.2) is 23.3 Å². The first-order valence-electron chi connectivity index (χ1n) is 36.4.